The van der Waals surface area contributed by atoms with Gasteiger partial charge in [-0.05, 0) is 24.7 Å². The fourth-order valence-electron chi connectivity index (χ4n) is 1.87. The van der Waals surface area contributed by atoms with Crippen LogP contribution in [0.2, 0.25) is 0 Å². The minimum absolute atomic E-state index is 0.502. The molecule has 1 nitrogen and oxygen atoms in total. The van der Waals surface area contributed by atoms with Gasteiger partial charge in [0.1, 0.15) is 0 Å². The number of halogens is 3. The van der Waals surface area contributed by atoms with Crippen molar-refractivity contribution in [3.8, 4) is 0 Å². The summed E-state index contributed by atoms with van der Waals surface area (Å²) in [5.74, 6) is -0.0621. The first-order chi connectivity index (χ1) is 5.91. The van der Waals surface area contributed by atoms with Gasteiger partial charge in [0.15, 0.2) is 6.10 Å². The molecule has 78 valence electrons. The third-order valence-electron chi connectivity index (χ3n) is 2.84. The van der Waals surface area contributed by atoms with Gasteiger partial charge >= 0.3 is 6.18 Å². The number of hydrogen-bond acceptors (Lipinski definition) is 1. The minimum atomic E-state index is -4.44. The predicted octanol–water partition coefficient (Wildman–Crippen LogP) is 2.74. The summed E-state index contributed by atoms with van der Waals surface area (Å²) >= 11 is 0. The Morgan fingerprint density at radius 1 is 1.15 bits per heavy atom. The molecule has 13 heavy (non-hydrogen) atoms. The van der Waals surface area contributed by atoms with Crippen LogP contribution in [-0.4, -0.2) is 17.4 Å². The van der Waals surface area contributed by atoms with Crippen LogP contribution in [0.4, 0.5) is 13.2 Å². The van der Waals surface area contributed by atoms with E-state index in [9.17, 15) is 13.2 Å². The van der Waals surface area contributed by atoms with Crippen LogP contribution < -0.4 is 0 Å². The average Bonchev–Trinajstić information content (AvgIpc) is 2.03. The highest BCUT2D eigenvalue weighted by molar-refractivity contribution is 4.79. The zero-order valence-electron chi connectivity index (χ0n) is 7.64. The zero-order valence-corrected chi connectivity index (χ0v) is 7.64. The first-order valence-corrected chi connectivity index (χ1v) is 4.66. The standard InChI is InChI=1S/C9H15F3O/c1-6-2-4-7(5-3-6)8(13)9(10,11)12/h6-8,13H,2-5H2,1H3. The van der Waals surface area contributed by atoms with Crippen molar-refractivity contribution in [2.24, 2.45) is 11.8 Å². The molecule has 0 saturated heterocycles. The van der Waals surface area contributed by atoms with Crippen LogP contribution in [0.25, 0.3) is 0 Å². The van der Waals surface area contributed by atoms with Gasteiger partial charge in [-0.2, -0.15) is 13.2 Å². The number of alkyl halides is 3. The van der Waals surface area contributed by atoms with Crippen molar-refractivity contribution in [1.82, 2.24) is 0 Å². The smallest absolute Gasteiger partial charge is 0.383 e. The number of hydrogen-bond donors (Lipinski definition) is 1. The van der Waals surface area contributed by atoms with E-state index in [1.165, 1.54) is 0 Å². The van der Waals surface area contributed by atoms with Gasteiger partial charge in [0.25, 0.3) is 0 Å². The summed E-state index contributed by atoms with van der Waals surface area (Å²) in [6.07, 6.45) is -3.94. The maximum absolute atomic E-state index is 12.1. The predicted molar refractivity (Wildman–Crippen MR) is 43.2 cm³/mol. The van der Waals surface area contributed by atoms with Crippen LogP contribution in [-0.2, 0) is 0 Å². The molecule has 1 saturated carbocycles. The van der Waals surface area contributed by atoms with E-state index < -0.39 is 18.2 Å². The van der Waals surface area contributed by atoms with Gasteiger partial charge in [0, 0.05) is 0 Å². The van der Waals surface area contributed by atoms with Crippen molar-refractivity contribution >= 4 is 0 Å². The number of rotatable bonds is 1. The molecule has 1 fully saturated rings. The highest BCUT2D eigenvalue weighted by Gasteiger charge is 2.43. The molecule has 1 unspecified atom stereocenters. The Balaban J connectivity index is 2.45. The third kappa shape index (κ3) is 2.86. The molecular weight excluding hydrogens is 181 g/mol. The van der Waals surface area contributed by atoms with Crippen molar-refractivity contribution in [2.45, 2.75) is 44.9 Å². The summed E-state index contributed by atoms with van der Waals surface area (Å²) in [5.41, 5.74) is 0. The fourth-order valence-corrected chi connectivity index (χ4v) is 1.87. The first-order valence-electron chi connectivity index (χ1n) is 4.66. The topological polar surface area (TPSA) is 20.2 Å². The molecular formula is C9H15F3O. The van der Waals surface area contributed by atoms with Crippen molar-refractivity contribution in [1.29, 1.82) is 0 Å². The quantitative estimate of drug-likeness (QED) is 0.683. The van der Waals surface area contributed by atoms with E-state index in [2.05, 4.69) is 0 Å². The lowest BCUT2D eigenvalue weighted by Crippen LogP contribution is -2.37. The average molecular weight is 196 g/mol. The summed E-state index contributed by atoms with van der Waals surface area (Å²) < 4.78 is 36.2. The number of aliphatic hydroxyl groups is 1. The molecule has 0 heterocycles. The highest BCUT2D eigenvalue weighted by atomic mass is 19.4. The van der Waals surface area contributed by atoms with Crippen LogP contribution in [0.3, 0.4) is 0 Å². The van der Waals surface area contributed by atoms with Crippen molar-refractivity contribution in [3.63, 3.8) is 0 Å². The van der Waals surface area contributed by atoms with Gasteiger partial charge in [-0.1, -0.05) is 19.8 Å². The molecule has 4 heteroatoms. The molecule has 0 bridgehead atoms. The molecule has 0 aromatic carbocycles. The van der Waals surface area contributed by atoms with Crippen molar-refractivity contribution < 1.29 is 18.3 Å². The molecule has 0 aliphatic heterocycles. The monoisotopic (exact) mass is 196 g/mol. The lowest BCUT2D eigenvalue weighted by atomic mass is 9.80. The summed E-state index contributed by atoms with van der Waals surface area (Å²) in [7, 11) is 0. The molecule has 1 rings (SSSR count). The Bertz CT molecular complexity index is 159. The van der Waals surface area contributed by atoms with Crippen LogP contribution in [0.15, 0.2) is 0 Å². The second-order valence-electron chi connectivity index (χ2n) is 4.01. The zero-order chi connectivity index (χ0) is 10.1. The van der Waals surface area contributed by atoms with Gasteiger partial charge < -0.3 is 5.11 Å². The third-order valence-corrected chi connectivity index (χ3v) is 2.84. The Morgan fingerprint density at radius 3 is 2.00 bits per heavy atom. The van der Waals surface area contributed by atoms with Crippen LogP contribution in [0, 0.1) is 11.8 Å². The molecule has 0 aromatic rings. The molecule has 0 spiro atoms. The van der Waals surface area contributed by atoms with Crippen molar-refractivity contribution in [2.75, 3.05) is 0 Å². The van der Waals surface area contributed by atoms with Crippen molar-refractivity contribution in [3.05, 3.63) is 0 Å². The summed E-state index contributed by atoms with van der Waals surface area (Å²) in [5, 5.41) is 8.97. The summed E-state index contributed by atoms with van der Waals surface area (Å²) in [6.45, 7) is 2.04. The maximum atomic E-state index is 12.1. The molecule has 0 amide bonds. The fraction of sp³-hybridized carbons (Fsp3) is 1.00. The summed E-state index contributed by atoms with van der Waals surface area (Å²) in [6, 6.07) is 0. The SMILES string of the molecule is CC1CCC(C(O)C(F)(F)F)CC1. The lowest BCUT2D eigenvalue weighted by molar-refractivity contribution is -0.222. The Labute approximate surface area is 75.9 Å². The van der Waals surface area contributed by atoms with E-state index in [-0.39, 0.29) is 0 Å². The van der Waals surface area contributed by atoms with Crippen LogP contribution >= 0.6 is 0 Å². The van der Waals surface area contributed by atoms with E-state index in [0.29, 0.717) is 18.8 Å². The minimum Gasteiger partial charge on any atom is -0.383 e. The summed E-state index contributed by atoms with van der Waals surface area (Å²) in [4.78, 5) is 0. The Morgan fingerprint density at radius 2 is 1.62 bits per heavy atom. The maximum Gasteiger partial charge on any atom is 0.414 e. The molecule has 1 aliphatic carbocycles. The van der Waals surface area contributed by atoms with Gasteiger partial charge in [0.05, 0.1) is 0 Å². The Hall–Kier alpha value is -0.250. The van der Waals surface area contributed by atoms with E-state index >= 15 is 0 Å². The number of aliphatic hydroxyl groups excluding tert-OH is 1. The Kier molecular flexibility index (Phi) is 3.22. The molecule has 0 radical (unpaired) electrons. The normalized spacial score (nSPS) is 33.0. The van der Waals surface area contributed by atoms with Gasteiger partial charge in [-0.3, -0.25) is 0 Å². The van der Waals surface area contributed by atoms with E-state index in [4.69, 9.17) is 5.11 Å². The largest absolute Gasteiger partial charge is 0.414 e. The first kappa shape index (κ1) is 10.8. The second-order valence-corrected chi connectivity index (χ2v) is 4.01. The van der Waals surface area contributed by atoms with Crippen LogP contribution in [0.5, 0.6) is 0 Å². The van der Waals surface area contributed by atoms with Gasteiger partial charge in [-0.25, -0.2) is 0 Å². The second kappa shape index (κ2) is 3.86. The van der Waals surface area contributed by atoms with E-state index in [1.807, 2.05) is 6.92 Å². The molecule has 1 atom stereocenters. The highest BCUT2D eigenvalue weighted by Crippen LogP contribution is 2.36. The van der Waals surface area contributed by atoms with Crippen LogP contribution in [0.1, 0.15) is 32.6 Å². The molecule has 1 aliphatic rings. The van der Waals surface area contributed by atoms with Gasteiger partial charge in [-0.15, -0.1) is 0 Å². The van der Waals surface area contributed by atoms with E-state index in [0.717, 1.165) is 12.8 Å². The van der Waals surface area contributed by atoms with E-state index in [1.54, 1.807) is 0 Å². The molecule has 0 aromatic heterocycles. The molecule has 1 N–H and O–H groups in total. The lowest BCUT2D eigenvalue weighted by Gasteiger charge is -2.30. The van der Waals surface area contributed by atoms with Gasteiger partial charge in [0.2, 0.25) is 0 Å².